The molecule has 3 heteroatoms. The molecule has 1 aromatic carbocycles. The molecule has 2 rings (SSSR count). The number of carbonyl (C=O) groups excluding carboxylic acids is 2. The Labute approximate surface area is 114 Å². The van der Waals surface area contributed by atoms with Crippen molar-refractivity contribution in [1.82, 2.24) is 0 Å². The van der Waals surface area contributed by atoms with Crippen LogP contribution in [0.4, 0.5) is 5.69 Å². The van der Waals surface area contributed by atoms with Crippen LogP contribution in [0.2, 0.25) is 0 Å². The minimum absolute atomic E-state index is 0.00185. The van der Waals surface area contributed by atoms with Gasteiger partial charge in [-0.25, -0.2) is 0 Å². The van der Waals surface area contributed by atoms with Gasteiger partial charge in [-0.1, -0.05) is 32.0 Å². The molecule has 0 spiro atoms. The highest BCUT2D eigenvalue weighted by atomic mass is 16.1. The predicted molar refractivity (Wildman–Crippen MR) is 76.2 cm³/mol. The van der Waals surface area contributed by atoms with Crippen molar-refractivity contribution in [2.24, 2.45) is 11.3 Å². The third kappa shape index (κ3) is 2.70. The van der Waals surface area contributed by atoms with Crippen molar-refractivity contribution in [2.45, 2.75) is 27.2 Å². The lowest BCUT2D eigenvalue weighted by Crippen LogP contribution is -2.61. The fourth-order valence-electron chi connectivity index (χ4n) is 2.50. The van der Waals surface area contributed by atoms with Crippen LogP contribution in [0.15, 0.2) is 30.3 Å². The molecule has 102 valence electrons. The van der Waals surface area contributed by atoms with E-state index in [0.29, 0.717) is 19.5 Å². The Kier molecular flexibility index (Phi) is 3.74. The molecule has 0 aliphatic carbocycles. The lowest BCUT2D eigenvalue weighted by molar-refractivity contribution is -0.135. The lowest BCUT2D eigenvalue weighted by atomic mass is 9.71. The Morgan fingerprint density at radius 1 is 1.21 bits per heavy atom. The smallest absolute Gasteiger partial charge is 0.139 e. The summed E-state index contributed by atoms with van der Waals surface area (Å²) in [7, 11) is 0. The van der Waals surface area contributed by atoms with Gasteiger partial charge >= 0.3 is 0 Å². The number of Topliss-reactive ketones (excluding diaryl/α,β-unsaturated/α-hetero) is 2. The Balaban J connectivity index is 2.07. The largest absolute Gasteiger partial charge is 0.369 e. The Morgan fingerprint density at radius 3 is 2.26 bits per heavy atom. The second-order valence-electron chi connectivity index (χ2n) is 5.83. The zero-order valence-electron chi connectivity index (χ0n) is 11.8. The molecule has 0 unspecified atom stereocenters. The van der Waals surface area contributed by atoms with E-state index >= 15 is 0 Å². The molecule has 0 amide bonds. The lowest BCUT2D eigenvalue weighted by Gasteiger charge is -2.50. The van der Waals surface area contributed by atoms with Gasteiger partial charge in [0.05, 0.1) is 5.41 Å². The van der Waals surface area contributed by atoms with Gasteiger partial charge in [-0.05, 0) is 19.1 Å². The summed E-state index contributed by atoms with van der Waals surface area (Å²) in [4.78, 5) is 26.0. The monoisotopic (exact) mass is 259 g/mol. The standard InChI is InChI=1S/C16H21NO2/c1-12(2)15(19)9-16(13(3)18)10-17(11-16)14-7-5-4-6-8-14/h4-8,12H,9-11H2,1-3H3. The van der Waals surface area contributed by atoms with E-state index in [9.17, 15) is 9.59 Å². The average Bonchev–Trinajstić information content (AvgIpc) is 2.33. The van der Waals surface area contributed by atoms with Gasteiger partial charge in [0.25, 0.3) is 0 Å². The number of rotatable bonds is 5. The van der Waals surface area contributed by atoms with Crippen LogP contribution in [-0.4, -0.2) is 24.7 Å². The van der Waals surface area contributed by atoms with Crippen molar-refractivity contribution in [1.29, 1.82) is 0 Å². The van der Waals surface area contributed by atoms with E-state index in [1.807, 2.05) is 44.2 Å². The topological polar surface area (TPSA) is 37.4 Å². The maximum absolute atomic E-state index is 11.9. The van der Waals surface area contributed by atoms with Gasteiger partial charge < -0.3 is 4.90 Å². The first-order valence-electron chi connectivity index (χ1n) is 6.78. The average molecular weight is 259 g/mol. The number of anilines is 1. The quantitative estimate of drug-likeness (QED) is 0.816. The molecule has 0 atom stereocenters. The third-order valence-electron chi connectivity index (χ3n) is 4.01. The number of hydrogen-bond acceptors (Lipinski definition) is 3. The maximum Gasteiger partial charge on any atom is 0.139 e. The van der Waals surface area contributed by atoms with E-state index in [4.69, 9.17) is 0 Å². The minimum Gasteiger partial charge on any atom is -0.369 e. The highest BCUT2D eigenvalue weighted by Crippen LogP contribution is 2.38. The molecule has 19 heavy (non-hydrogen) atoms. The molecule has 1 saturated heterocycles. The van der Waals surface area contributed by atoms with Crippen LogP contribution in [0.3, 0.4) is 0 Å². The summed E-state index contributed by atoms with van der Waals surface area (Å²) in [6.45, 7) is 6.71. The first-order chi connectivity index (χ1) is 8.94. The van der Waals surface area contributed by atoms with E-state index in [-0.39, 0.29) is 17.5 Å². The van der Waals surface area contributed by atoms with Crippen molar-refractivity contribution in [3.63, 3.8) is 0 Å². The number of para-hydroxylation sites is 1. The second kappa shape index (κ2) is 5.16. The van der Waals surface area contributed by atoms with Crippen LogP contribution >= 0.6 is 0 Å². The molecule has 1 aliphatic heterocycles. The van der Waals surface area contributed by atoms with E-state index in [2.05, 4.69) is 4.90 Å². The molecule has 0 saturated carbocycles. The molecule has 1 heterocycles. The van der Waals surface area contributed by atoms with E-state index < -0.39 is 5.41 Å². The normalized spacial score (nSPS) is 17.2. The highest BCUT2D eigenvalue weighted by molar-refractivity contribution is 5.92. The molecule has 1 fully saturated rings. The predicted octanol–water partition coefficient (Wildman–Crippen LogP) is 2.70. The third-order valence-corrected chi connectivity index (χ3v) is 4.01. The number of benzene rings is 1. The molecule has 1 aliphatic rings. The molecular weight excluding hydrogens is 238 g/mol. The number of nitrogens with zero attached hydrogens (tertiary/aromatic N) is 1. The van der Waals surface area contributed by atoms with Crippen LogP contribution in [0.1, 0.15) is 27.2 Å². The van der Waals surface area contributed by atoms with Gasteiger partial charge in [0.15, 0.2) is 0 Å². The van der Waals surface area contributed by atoms with Crippen molar-refractivity contribution >= 4 is 17.3 Å². The summed E-state index contributed by atoms with van der Waals surface area (Å²) in [6.07, 6.45) is 0.378. The van der Waals surface area contributed by atoms with E-state index in [0.717, 1.165) is 5.69 Å². The molecule has 0 N–H and O–H groups in total. The van der Waals surface area contributed by atoms with Gasteiger partial charge in [0, 0.05) is 31.1 Å². The molecule has 3 nitrogen and oxygen atoms in total. The zero-order chi connectivity index (χ0) is 14.0. The number of carbonyl (C=O) groups is 2. The van der Waals surface area contributed by atoms with Crippen LogP contribution in [-0.2, 0) is 9.59 Å². The number of hydrogen-bond donors (Lipinski definition) is 0. The fourth-order valence-corrected chi connectivity index (χ4v) is 2.50. The highest BCUT2D eigenvalue weighted by Gasteiger charge is 2.48. The summed E-state index contributed by atoms with van der Waals surface area (Å²) in [5.41, 5.74) is 0.661. The van der Waals surface area contributed by atoms with E-state index in [1.165, 1.54) is 0 Å². The number of ketones is 2. The van der Waals surface area contributed by atoms with Gasteiger partial charge in [-0.3, -0.25) is 9.59 Å². The van der Waals surface area contributed by atoms with Gasteiger partial charge in [-0.2, -0.15) is 0 Å². The van der Waals surface area contributed by atoms with Gasteiger partial charge in [-0.15, -0.1) is 0 Å². The Morgan fingerprint density at radius 2 is 1.79 bits per heavy atom. The molecule has 0 radical (unpaired) electrons. The molecule has 0 bridgehead atoms. The van der Waals surface area contributed by atoms with Crippen molar-refractivity contribution in [3.05, 3.63) is 30.3 Å². The minimum atomic E-state index is -0.461. The first kappa shape index (κ1) is 13.8. The van der Waals surface area contributed by atoms with Crippen molar-refractivity contribution < 1.29 is 9.59 Å². The van der Waals surface area contributed by atoms with Gasteiger partial charge in [0.1, 0.15) is 11.6 Å². The van der Waals surface area contributed by atoms with Gasteiger partial charge in [0.2, 0.25) is 0 Å². The molecule has 1 aromatic rings. The Bertz CT molecular complexity index is 473. The SMILES string of the molecule is CC(=O)C1(CC(=O)C(C)C)CN(c2ccccc2)C1. The summed E-state index contributed by atoms with van der Waals surface area (Å²) in [5.74, 6) is 0.318. The summed E-state index contributed by atoms with van der Waals surface area (Å²) < 4.78 is 0. The summed E-state index contributed by atoms with van der Waals surface area (Å²) in [5, 5.41) is 0. The van der Waals surface area contributed by atoms with Crippen LogP contribution in [0.5, 0.6) is 0 Å². The van der Waals surface area contributed by atoms with Crippen LogP contribution in [0, 0.1) is 11.3 Å². The summed E-state index contributed by atoms with van der Waals surface area (Å²) >= 11 is 0. The van der Waals surface area contributed by atoms with Crippen molar-refractivity contribution in [3.8, 4) is 0 Å². The maximum atomic E-state index is 11.9. The zero-order valence-corrected chi connectivity index (χ0v) is 11.8. The fraction of sp³-hybridized carbons (Fsp3) is 0.500. The second-order valence-corrected chi connectivity index (χ2v) is 5.83. The van der Waals surface area contributed by atoms with Crippen LogP contribution in [0.25, 0.3) is 0 Å². The van der Waals surface area contributed by atoms with Crippen LogP contribution < -0.4 is 4.90 Å². The summed E-state index contributed by atoms with van der Waals surface area (Å²) in [6, 6.07) is 10.0. The van der Waals surface area contributed by atoms with E-state index in [1.54, 1.807) is 6.92 Å². The van der Waals surface area contributed by atoms with Crippen molar-refractivity contribution in [2.75, 3.05) is 18.0 Å². The Hall–Kier alpha value is -1.64. The molecular formula is C16H21NO2. The first-order valence-corrected chi connectivity index (χ1v) is 6.78. The molecule has 0 aromatic heterocycles.